The largest absolute Gasteiger partial charge is 0.388 e. The highest BCUT2D eigenvalue weighted by Crippen LogP contribution is 2.37. The molecule has 2 aliphatic heterocycles. The molecule has 0 radical (unpaired) electrons. The number of fused-ring (bicyclic) bond motifs is 1. The van der Waals surface area contributed by atoms with Gasteiger partial charge in [-0.25, -0.2) is 9.97 Å². The number of piperidine rings is 2. The Morgan fingerprint density at radius 3 is 2.51 bits per heavy atom. The Hall–Kier alpha value is -4.68. The molecule has 1 aromatic carbocycles. The molecule has 11 nitrogen and oxygen atoms in total. The van der Waals surface area contributed by atoms with Crippen molar-refractivity contribution in [2.24, 2.45) is 13.0 Å². The average molecular weight is 652 g/mol. The predicted octanol–water partition coefficient (Wildman–Crippen LogP) is 3.86. The number of aromatic nitrogens is 5. The monoisotopic (exact) mass is 651 g/mol. The molecular formula is C35H37N7O4S. The van der Waals surface area contributed by atoms with E-state index in [1.165, 1.54) is 22.2 Å². The lowest BCUT2D eigenvalue weighted by atomic mass is 9.79. The predicted molar refractivity (Wildman–Crippen MR) is 179 cm³/mol. The second-order valence-electron chi connectivity index (χ2n) is 12.7. The normalized spacial score (nSPS) is 19.6. The second kappa shape index (κ2) is 12.5. The quantitative estimate of drug-likeness (QED) is 0.296. The lowest BCUT2D eigenvalue weighted by molar-refractivity contribution is -0.142. The van der Waals surface area contributed by atoms with Crippen LogP contribution in [0.2, 0.25) is 0 Å². The first-order valence-electron chi connectivity index (χ1n) is 15.9. The molecule has 2 atom stereocenters. The number of pyridine rings is 1. The zero-order valence-electron chi connectivity index (χ0n) is 26.5. The number of thiazole rings is 1. The van der Waals surface area contributed by atoms with Crippen LogP contribution in [0.3, 0.4) is 0 Å². The molecule has 2 fully saturated rings. The smallest absolute Gasteiger partial charge is 0.282 e. The number of nitrogens with zero attached hydrogens (tertiary/aromatic N) is 7. The van der Waals surface area contributed by atoms with Crippen molar-refractivity contribution in [3.63, 3.8) is 0 Å². The SMILES string of the molecule is Cc1nc(C(=O)N2CC[C@@H](C(=O)N3CCC(O)(Cn4cnc5c(ccn5C)c4=O)CC3)[C@H](c3ccccc3)C2)sc1-c1ccncc1. The van der Waals surface area contributed by atoms with E-state index in [1.807, 2.05) is 66.2 Å². The minimum atomic E-state index is -1.12. The molecule has 6 heterocycles. The summed E-state index contributed by atoms with van der Waals surface area (Å²) in [5, 5.41) is 12.4. The van der Waals surface area contributed by atoms with Crippen LogP contribution in [0.4, 0.5) is 0 Å². The number of carbonyl (C=O) groups excluding carboxylic acids is 2. The summed E-state index contributed by atoms with van der Waals surface area (Å²) in [6, 6.07) is 15.5. The van der Waals surface area contributed by atoms with Crippen molar-refractivity contribution in [2.75, 3.05) is 26.2 Å². The third-order valence-corrected chi connectivity index (χ3v) is 10.9. The standard InChI is InChI=1S/C35H37N7O4S/c1-23-29(25-8-14-36-15-9-25)47-31(38-23)34(45)41-17-11-26(28(20-41)24-6-4-3-5-7-24)32(43)40-18-12-35(46,13-19-40)21-42-22-37-30-27(33(42)44)10-16-39(30)2/h3-10,14-16,22,26,28,46H,11-13,17-21H2,1-2H3/t26-,28+/m1/s1. The van der Waals surface area contributed by atoms with E-state index >= 15 is 0 Å². The summed E-state index contributed by atoms with van der Waals surface area (Å²) in [6.45, 7) is 3.69. The van der Waals surface area contributed by atoms with Gasteiger partial charge in [0.2, 0.25) is 5.91 Å². The number of benzene rings is 1. The van der Waals surface area contributed by atoms with Crippen molar-refractivity contribution in [3.8, 4) is 10.4 Å². The fourth-order valence-corrected chi connectivity index (χ4v) is 8.05. The zero-order valence-corrected chi connectivity index (χ0v) is 27.3. The van der Waals surface area contributed by atoms with Gasteiger partial charge in [0.25, 0.3) is 11.5 Å². The molecule has 0 saturated carbocycles. The van der Waals surface area contributed by atoms with Crippen molar-refractivity contribution in [3.05, 3.63) is 100 Å². The second-order valence-corrected chi connectivity index (χ2v) is 13.7. The molecule has 242 valence electrons. The summed E-state index contributed by atoms with van der Waals surface area (Å²) in [5.74, 6) is -0.551. The number of hydrogen-bond acceptors (Lipinski definition) is 8. The van der Waals surface area contributed by atoms with Crippen LogP contribution in [-0.2, 0) is 18.4 Å². The van der Waals surface area contributed by atoms with E-state index in [0.29, 0.717) is 61.5 Å². The maximum absolute atomic E-state index is 14.1. The Morgan fingerprint density at radius 1 is 1.02 bits per heavy atom. The van der Waals surface area contributed by atoms with Crippen LogP contribution in [0.15, 0.2) is 78.2 Å². The van der Waals surface area contributed by atoms with Crippen LogP contribution < -0.4 is 5.56 Å². The Bertz CT molecular complexity index is 1980. The summed E-state index contributed by atoms with van der Waals surface area (Å²) < 4.78 is 3.27. The highest BCUT2D eigenvalue weighted by Gasteiger charge is 2.42. The Labute approximate surface area is 276 Å². The van der Waals surface area contributed by atoms with Gasteiger partial charge in [0, 0.05) is 63.7 Å². The van der Waals surface area contributed by atoms with Gasteiger partial charge in [-0.2, -0.15) is 0 Å². The molecular weight excluding hydrogens is 614 g/mol. The summed E-state index contributed by atoms with van der Waals surface area (Å²) in [6.07, 6.45) is 8.00. The van der Waals surface area contributed by atoms with Gasteiger partial charge >= 0.3 is 0 Å². The van der Waals surface area contributed by atoms with Gasteiger partial charge < -0.3 is 19.5 Å². The van der Waals surface area contributed by atoms with Crippen LogP contribution in [0.1, 0.15) is 46.2 Å². The van der Waals surface area contributed by atoms with Crippen LogP contribution in [0.25, 0.3) is 21.5 Å². The minimum absolute atomic E-state index is 0.0441. The van der Waals surface area contributed by atoms with Crippen LogP contribution >= 0.6 is 11.3 Å². The number of aryl methyl sites for hydroxylation is 2. The lowest BCUT2D eigenvalue weighted by Gasteiger charge is -2.43. The third-order valence-electron chi connectivity index (χ3n) is 9.69. The van der Waals surface area contributed by atoms with Crippen molar-refractivity contribution < 1.29 is 14.7 Å². The molecule has 2 saturated heterocycles. The average Bonchev–Trinajstić information content (AvgIpc) is 3.68. The first-order valence-corrected chi connectivity index (χ1v) is 16.8. The zero-order chi connectivity index (χ0) is 32.7. The summed E-state index contributed by atoms with van der Waals surface area (Å²) in [4.78, 5) is 58.7. The first-order chi connectivity index (χ1) is 22.7. The third kappa shape index (κ3) is 5.98. The van der Waals surface area contributed by atoms with E-state index in [-0.39, 0.29) is 35.8 Å². The van der Waals surface area contributed by atoms with Crippen LogP contribution in [-0.4, -0.2) is 82.6 Å². The van der Waals surface area contributed by atoms with Gasteiger partial charge in [0.1, 0.15) is 12.0 Å². The molecule has 1 N–H and O–H groups in total. The molecule has 0 spiro atoms. The number of aliphatic hydroxyl groups is 1. The molecule has 5 aromatic rings. The summed E-state index contributed by atoms with van der Waals surface area (Å²) in [5.41, 5.74) is 2.11. The molecule has 7 rings (SSSR count). The van der Waals surface area contributed by atoms with Crippen molar-refractivity contribution >= 4 is 34.2 Å². The molecule has 2 aliphatic rings. The number of likely N-dealkylation sites (tertiary alicyclic amines) is 2. The number of hydrogen-bond donors (Lipinski definition) is 1. The van der Waals surface area contributed by atoms with Gasteiger partial charge in [0.15, 0.2) is 5.01 Å². The van der Waals surface area contributed by atoms with Crippen LogP contribution in [0.5, 0.6) is 0 Å². The first kappa shape index (κ1) is 30.9. The number of rotatable bonds is 6. The number of carbonyl (C=O) groups is 2. The topological polar surface area (TPSA) is 126 Å². The van der Waals surface area contributed by atoms with Gasteiger partial charge in [-0.05, 0) is 55.5 Å². The van der Waals surface area contributed by atoms with E-state index in [4.69, 9.17) is 0 Å². The molecule has 0 aliphatic carbocycles. The van der Waals surface area contributed by atoms with Crippen molar-refractivity contribution in [1.82, 2.24) is 33.9 Å². The van der Waals surface area contributed by atoms with Crippen LogP contribution in [0, 0.1) is 12.8 Å². The minimum Gasteiger partial charge on any atom is -0.388 e. The molecule has 2 amide bonds. The fraction of sp³-hybridized carbons (Fsp3) is 0.371. The Kier molecular flexibility index (Phi) is 8.23. The van der Waals surface area contributed by atoms with Crippen molar-refractivity contribution in [1.29, 1.82) is 0 Å². The molecule has 0 bridgehead atoms. The Morgan fingerprint density at radius 2 is 1.77 bits per heavy atom. The highest BCUT2D eigenvalue weighted by molar-refractivity contribution is 7.17. The van der Waals surface area contributed by atoms with Gasteiger partial charge in [-0.15, -0.1) is 11.3 Å². The fourth-order valence-electron chi connectivity index (χ4n) is 7.01. The molecule has 12 heteroatoms. The lowest BCUT2D eigenvalue weighted by Crippen LogP contribution is -2.53. The summed E-state index contributed by atoms with van der Waals surface area (Å²) in [7, 11) is 1.84. The van der Waals surface area contributed by atoms with E-state index in [9.17, 15) is 19.5 Å². The molecule has 4 aromatic heterocycles. The van der Waals surface area contributed by atoms with Gasteiger partial charge in [-0.3, -0.25) is 23.9 Å². The van der Waals surface area contributed by atoms with E-state index in [0.717, 1.165) is 21.7 Å². The Balaban J connectivity index is 1.05. The van der Waals surface area contributed by atoms with E-state index in [1.54, 1.807) is 29.2 Å². The number of amides is 2. The van der Waals surface area contributed by atoms with Crippen molar-refractivity contribution in [2.45, 2.75) is 44.2 Å². The van der Waals surface area contributed by atoms with E-state index in [2.05, 4.69) is 15.0 Å². The summed E-state index contributed by atoms with van der Waals surface area (Å²) >= 11 is 1.39. The molecule has 0 unspecified atom stereocenters. The van der Waals surface area contributed by atoms with Gasteiger partial charge in [-0.1, -0.05) is 30.3 Å². The maximum atomic E-state index is 14.1. The van der Waals surface area contributed by atoms with Gasteiger partial charge in [0.05, 0.1) is 28.1 Å². The van der Waals surface area contributed by atoms with E-state index < -0.39 is 5.60 Å². The highest BCUT2D eigenvalue weighted by atomic mass is 32.1. The maximum Gasteiger partial charge on any atom is 0.282 e. The molecule has 47 heavy (non-hydrogen) atoms.